The van der Waals surface area contributed by atoms with Crippen LogP contribution < -0.4 is 0 Å². The van der Waals surface area contributed by atoms with Crippen LogP contribution in [0.4, 0.5) is 0 Å². The second kappa shape index (κ2) is 34.8. The monoisotopic (exact) mass is 1710 g/mol. The van der Waals surface area contributed by atoms with Gasteiger partial charge in [-0.2, -0.15) is 10.5 Å². The minimum Gasteiger partial charge on any atom is -0.458 e. The summed E-state index contributed by atoms with van der Waals surface area (Å²) in [5.74, 6) is 0.567. The lowest BCUT2D eigenvalue weighted by Gasteiger charge is -2.65. The van der Waals surface area contributed by atoms with E-state index in [-0.39, 0.29) is 108 Å². The maximum absolute atomic E-state index is 13.2. The van der Waals surface area contributed by atoms with E-state index in [4.69, 9.17) is 77.6 Å². The van der Waals surface area contributed by atoms with Gasteiger partial charge in [-0.3, -0.25) is 33.6 Å². The molecule has 25 heteroatoms. The molecule has 25 nitrogen and oxygen atoms in total. The molecule has 4 heterocycles. The summed E-state index contributed by atoms with van der Waals surface area (Å²) in [7, 11) is 0. The third-order valence-electron chi connectivity index (χ3n) is 32.7. The van der Waals surface area contributed by atoms with E-state index in [1.165, 1.54) is 0 Å². The Hall–Kier alpha value is -5.56. The van der Waals surface area contributed by atoms with Gasteiger partial charge in [0.1, 0.15) is 41.2 Å². The number of carbonyl (C=O) groups excluding carboxylic acids is 7. The zero-order valence-corrected chi connectivity index (χ0v) is 77.2. The minimum absolute atomic E-state index is 0.0766. The van der Waals surface area contributed by atoms with Crippen molar-refractivity contribution in [1.29, 1.82) is 10.5 Å². The van der Waals surface area contributed by atoms with E-state index < -0.39 is 83.5 Å². The molecule has 4 aliphatic heterocycles. The highest BCUT2D eigenvalue weighted by molar-refractivity contribution is 5.85. The molecule has 4 saturated heterocycles. The van der Waals surface area contributed by atoms with E-state index in [9.17, 15) is 44.1 Å². The summed E-state index contributed by atoms with van der Waals surface area (Å²) < 4.78 is 91.0. The lowest BCUT2D eigenvalue weighted by Crippen LogP contribution is -2.69. The Morgan fingerprint density at radius 1 is 0.467 bits per heavy atom. The van der Waals surface area contributed by atoms with Crippen molar-refractivity contribution in [2.24, 2.45) is 85.2 Å². The van der Waals surface area contributed by atoms with Crippen LogP contribution in [0.3, 0.4) is 0 Å². The number of hydrogen-bond acceptors (Lipinski definition) is 24. The maximum atomic E-state index is 13.2. The Balaban J connectivity index is 0.000000134. The predicted molar refractivity (Wildman–Crippen MR) is 446 cm³/mol. The smallest absolute Gasteiger partial charge is 0.327 e. The van der Waals surface area contributed by atoms with Gasteiger partial charge in [-0.15, -0.1) is 0 Å². The molecule has 20 rings (SSSR count). The molecule has 0 spiro atoms. The van der Waals surface area contributed by atoms with Gasteiger partial charge in [-0.1, -0.05) is 34.6 Å². The molecule has 0 amide bonds. The van der Waals surface area contributed by atoms with Gasteiger partial charge < -0.3 is 75.9 Å². The van der Waals surface area contributed by atoms with Crippen molar-refractivity contribution in [3.8, 4) is 12.1 Å². The fraction of sp³-hybridized carbons (Fsp3) is 0.897. The van der Waals surface area contributed by atoms with Gasteiger partial charge in [-0.05, 0) is 262 Å². The zero-order chi connectivity index (χ0) is 88.7. The number of esters is 7. The molecule has 0 aromatic rings. The average Bonchev–Trinajstić information content (AvgIpc) is 1.11. The Bertz CT molecular complexity index is 3890. The molecular weight excluding hydrogens is 1560 g/mol. The molecule has 16 bridgehead atoms. The van der Waals surface area contributed by atoms with Crippen molar-refractivity contribution in [3.05, 3.63) is 11.4 Å². The van der Waals surface area contributed by atoms with E-state index in [1.54, 1.807) is 0 Å². The van der Waals surface area contributed by atoms with Crippen molar-refractivity contribution in [1.82, 2.24) is 0 Å². The fourth-order valence-corrected chi connectivity index (χ4v) is 25.8. The van der Waals surface area contributed by atoms with Crippen molar-refractivity contribution in [2.45, 2.75) is 438 Å². The van der Waals surface area contributed by atoms with Crippen LogP contribution >= 0.6 is 0 Å². The molecule has 0 aromatic carbocycles. The Morgan fingerprint density at radius 3 is 1.30 bits per heavy atom. The summed E-state index contributed by atoms with van der Waals surface area (Å²) in [6, 6.07) is 4.64. The normalized spacial score (nSPS) is 41.2. The molecule has 122 heavy (non-hydrogen) atoms. The number of fused-ring (bicyclic) bond motifs is 2. The molecule has 20 fully saturated rings. The third kappa shape index (κ3) is 18.6. The summed E-state index contributed by atoms with van der Waals surface area (Å²) in [6.45, 7) is 47.4. The first kappa shape index (κ1) is 94.1. The van der Waals surface area contributed by atoms with Crippen LogP contribution in [0.2, 0.25) is 0 Å². The highest BCUT2D eigenvalue weighted by Crippen LogP contribution is 2.69. The Morgan fingerprint density at radius 2 is 0.877 bits per heavy atom. The average molecular weight is 1710 g/mol. The lowest BCUT2D eigenvalue weighted by molar-refractivity contribution is -0.344. The van der Waals surface area contributed by atoms with Crippen LogP contribution in [0.15, 0.2) is 0 Å². The van der Waals surface area contributed by atoms with Crippen LogP contribution in [0.1, 0.15) is 343 Å². The molecule has 682 valence electrons. The van der Waals surface area contributed by atoms with E-state index in [2.05, 4.69) is 23.9 Å². The van der Waals surface area contributed by atoms with Crippen LogP contribution in [-0.4, -0.2) is 163 Å². The van der Waals surface area contributed by atoms with Gasteiger partial charge in [0, 0.05) is 108 Å². The second-order valence-corrected chi connectivity index (χ2v) is 44.4. The molecule has 16 saturated carbocycles. The molecule has 0 radical (unpaired) electrons. The van der Waals surface area contributed by atoms with E-state index >= 15 is 0 Å². The lowest BCUT2D eigenvalue weighted by atomic mass is 9.45. The number of nitrogens with zero attached hydrogens (tertiary/aromatic N) is 3. The van der Waals surface area contributed by atoms with Crippen LogP contribution in [-0.2, 0) is 105 Å². The largest absolute Gasteiger partial charge is 0.458 e. The van der Waals surface area contributed by atoms with Crippen LogP contribution in [0, 0.1) is 114 Å². The first-order valence-electron chi connectivity index (χ1n) is 47.2. The third-order valence-corrected chi connectivity index (χ3v) is 32.7. The molecule has 0 aromatic heterocycles. The van der Waals surface area contributed by atoms with Crippen LogP contribution in [0.25, 0.3) is 4.85 Å². The molecule has 22 unspecified atom stereocenters. The number of carbonyl (C=O) groups is 7. The predicted octanol–water partition coefficient (Wildman–Crippen LogP) is 17.8. The number of nitriles is 2. The highest BCUT2D eigenvalue weighted by atomic mass is 16.7. The van der Waals surface area contributed by atoms with Gasteiger partial charge in [0.25, 0.3) is 0 Å². The quantitative estimate of drug-likeness (QED) is 0.0319. The molecular formula is C97H147N3O22. The highest BCUT2D eigenvalue weighted by Gasteiger charge is 2.75. The summed E-state index contributed by atoms with van der Waals surface area (Å²) in [5, 5.41) is 19.0. The molecule has 20 aliphatic rings. The van der Waals surface area contributed by atoms with E-state index in [0.29, 0.717) is 87.7 Å². The summed E-state index contributed by atoms with van der Waals surface area (Å²) in [6.07, 6.45) is 25.9. The van der Waals surface area contributed by atoms with Crippen LogP contribution in [0.5, 0.6) is 0 Å². The van der Waals surface area contributed by atoms with Crippen molar-refractivity contribution >= 4 is 41.8 Å². The fourth-order valence-electron chi connectivity index (χ4n) is 25.8. The zero-order valence-electron chi connectivity index (χ0n) is 77.2. The molecule has 16 aliphatic carbocycles. The second-order valence-electron chi connectivity index (χ2n) is 44.4. The standard InChI is InChI=1S/C26H42O6.C24H42O6.C18H24N2O2.C15H19NO4.C14H20O4/c1-4-23(2,3)22(27)32-26-15-19-13-24(17-26,30-20-9-5-7-11-28-20)16-25(14-19,18-26)31-21-10-6-8-12-29-21;1-8-21(6,7)20(25)30-24-13-19-11-22(15-24,28-17(4)26-9-2)14-23(12-19,16-24)29-18(5)27-10-3;1-5-15(2,3)14(21)22-18-8-13-6-16(10-18,12-19)9-17(7-13,11-18)20-4;1-4-14(2,3)12(17)19-10-8-5-9-11(10)20-13(18)15(9,6-8)7-16;1-4-14(2,3)13(16)18-10-7-5-8-9(6-7)12(15)17-11(8)10/h19-21H,4-18H2,1-3H3;17-19H,8-16H2,1-7H3;13H,5-11H2,1-3H3;8-11H,4-6H2,1-3H3;7-11H,4-6H2,1-3H3. The number of ether oxygens (including phenoxy) is 15. The molecule has 0 N–H and O–H groups in total. The Kier molecular flexibility index (Phi) is 26.8. The first-order chi connectivity index (χ1) is 57.3. The van der Waals surface area contributed by atoms with Gasteiger partial charge in [0.2, 0.25) is 5.54 Å². The number of hydrogen-bond donors (Lipinski definition) is 0. The topological polar surface area (TPSA) is 310 Å². The van der Waals surface area contributed by atoms with E-state index in [0.717, 1.165) is 180 Å². The van der Waals surface area contributed by atoms with Gasteiger partial charge >= 0.3 is 41.8 Å². The van der Waals surface area contributed by atoms with Crippen molar-refractivity contribution in [3.63, 3.8) is 0 Å². The molecule has 22 atom stereocenters. The Labute approximate surface area is 726 Å². The summed E-state index contributed by atoms with van der Waals surface area (Å²) >= 11 is 0. The summed E-state index contributed by atoms with van der Waals surface area (Å²) in [4.78, 5) is 90.7. The van der Waals surface area contributed by atoms with Crippen molar-refractivity contribution in [2.75, 3.05) is 26.4 Å². The first-order valence-corrected chi connectivity index (χ1v) is 47.2. The maximum Gasteiger partial charge on any atom is 0.327 e. The number of rotatable bonds is 27. The van der Waals surface area contributed by atoms with E-state index in [1.807, 2.05) is 125 Å². The van der Waals surface area contributed by atoms with Gasteiger partial charge in [0.05, 0.1) is 79.4 Å². The van der Waals surface area contributed by atoms with Gasteiger partial charge in [-0.25, -0.2) is 6.57 Å². The minimum atomic E-state index is -0.974. The SMILES string of the molecule is CCC(C)(C)C(=O)OC12CC3CC(OC4CCCCO4)(C1)CC(OC1CCCCO1)(C3)C2.CCC(C)(C)C(=O)OC1C2CC3C(=O)OC1C3C2.CCC(C)(C)C(=O)OC1C2CC3C1OC(=O)C3(C#N)C2.CCOC(C)OC12CC3CC(OC(=O)C(C)(C)CC)(C1)CC(OC(C)OCC)(C3)C2.[C-]#[N+]C12CC3CC(C#N)(C1)CC(OC(=O)C(C)(C)CC)(C3)C2. The van der Waals surface area contributed by atoms with Gasteiger partial charge in [0.15, 0.2) is 30.6 Å². The van der Waals surface area contributed by atoms with Crippen molar-refractivity contribution < 1.29 is 105 Å². The summed E-state index contributed by atoms with van der Waals surface area (Å²) in [5.41, 5.74) is -7.48.